The standard InChI is InChI=1S/C15H29N5O/c1-9-19(8)13(21)17-10-11(14(2,3)4)18-20(12(10)16)15(5,6)7/h9,16H2,1-8H3,(H,17,21). The summed E-state index contributed by atoms with van der Waals surface area (Å²) < 4.78 is 1.77. The predicted octanol–water partition coefficient (Wildman–Crippen LogP) is 3.00. The van der Waals surface area contributed by atoms with Crippen molar-refractivity contribution < 1.29 is 4.79 Å². The van der Waals surface area contributed by atoms with Crippen LogP contribution in [0.4, 0.5) is 16.3 Å². The van der Waals surface area contributed by atoms with Crippen LogP contribution in [0.15, 0.2) is 0 Å². The Morgan fingerprint density at radius 2 is 1.81 bits per heavy atom. The molecule has 6 nitrogen and oxygen atoms in total. The van der Waals surface area contributed by atoms with E-state index in [0.717, 1.165) is 5.69 Å². The van der Waals surface area contributed by atoms with Gasteiger partial charge in [-0.3, -0.25) is 0 Å². The van der Waals surface area contributed by atoms with Crippen LogP contribution in [0.25, 0.3) is 0 Å². The number of carbonyl (C=O) groups is 1. The Balaban J connectivity index is 3.35. The quantitative estimate of drug-likeness (QED) is 0.880. The van der Waals surface area contributed by atoms with Crippen LogP contribution >= 0.6 is 0 Å². The van der Waals surface area contributed by atoms with Crippen molar-refractivity contribution in [1.82, 2.24) is 14.7 Å². The van der Waals surface area contributed by atoms with Crippen LogP contribution in [-0.4, -0.2) is 34.3 Å². The molecular weight excluding hydrogens is 266 g/mol. The van der Waals surface area contributed by atoms with Crippen LogP contribution in [0.5, 0.6) is 0 Å². The summed E-state index contributed by atoms with van der Waals surface area (Å²) in [5.41, 5.74) is 7.20. The van der Waals surface area contributed by atoms with E-state index in [1.807, 2.05) is 27.7 Å². The van der Waals surface area contributed by atoms with Crippen molar-refractivity contribution in [2.24, 2.45) is 0 Å². The highest BCUT2D eigenvalue weighted by molar-refractivity contribution is 5.93. The summed E-state index contributed by atoms with van der Waals surface area (Å²) >= 11 is 0. The molecule has 0 saturated heterocycles. The summed E-state index contributed by atoms with van der Waals surface area (Å²) in [6, 6.07) is -0.178. The van der Waals surface area contributed by atoms with Gasteiger partial charge in [-0.25, -0.2) is 9.48 Å². The van der Waals surface area contributed by atoms with Gasteiger partial charge in [-0.2, -0.15) is 5.10 Å². The third-order valence-corrected chi connectivity index (χ3v) is 3.32. The third-order valence-electron chi connectivity index (χ3n) is 3.32. The Morgan fingerprint density at radius 3 is 2.19 bits per heavy atom. The zero-order valence-electron chi connectivity index (χ0n) is 14.5. The molecule has 0 aliphatic heterocycles. The van der Waals surface area contributed by atoms with E-state index in [1.165, 1.54) is 0 Å². The lowest BCUT2D eigenvalue weighted by atomic mass is 9.91. The van der Waals surface area contributed by atoms with Gasteiger partial charge in [0, 0.05) is 19.0 Å². The highest BCUT2D eigenvalue weighted by Gasteiger charge is 2.30. The molecule has 0 fully saturated rings. The van der Waals surface area contributed by atoms with Crippen LogP contribution in [0.1, 0.15) is 54.2 Å². The van der Waals surface area contributed by atoms with Gasteiger partial charge in [-0.1, -0.05) is 20.8 Å². The maximum atomic E-state index is 12.2. The number of urea groups is 1. The van der Waals surface area contributed by atoms with Gasteiger partial charge in [-0.05, 0) is 27.7 Å². The average molecular weight is 295 g/mol. The van der Waals surface area contributed by atoms with E-state index < -0.39 is 0 Å². The molecule has 0 radical (unpaired) electrons. The lowest BCUT2D eigenvalue weighted by Gasteiger charge is -2.21. The smallest absolute Gasteiger partial charge is 0.321 e. The van der Waals surface area contributed by atoms with Crippen LogP contribution in [0.3, 0.4) is 0 Å². The molecule has 0 aromatic carbocycles. The Hall–Kier alpha value is -1.72. The first-order valence-electron chi connectivity index (χ1n) is 7.31. The summed E-state index contributed by atoms with van der Waals surface area (Å²) in [7, 11) is 1.75. The number of aromatic nitrogens is 2. The predicted molar refractivity (Wildman–Crippen MR) is 87.7 cm³/mol. The number of amides is 2. The van der Waals surface area contributed by atoms with Crippen LogP contribution in [0.2, 0.25) is 0 Å². The molecule has 6 heteroatoms. The highest BCUT2D eigenvalue weighted by Crippen LogP contribution is 2.35. The first-order valence-corrected chi connectivity index (χ1v) is 7.31. The summed E-state index contributed by atoms with van der Waals surface area (Å²) in [6.45, 7) is 14.8. The van der Waals surface area contributed by atoms with Crippen LogP contribution in [0, 0.1) is 0 Å². The summed E-state index contributed by atoms with van der Waals surface area (Å²) in [5.74, 6) is 0.491. The van der Waals surface area contributed by atoms with E-state index in [0.29, 0.717) is 18.1 Å². The lowest BCUT2D eigenvalue weighted by Crippen LogP contribution is -2.32. The lowest BCUT2D eigenvalue weighted by molar-refractivity contribution is 0.224. The van der Waals surface area contributed by atoms with E-state index in [-0.39, 0.29) is 17.0 Å². The van der Waals surface area contributed by atoms with Crippen LogP contribution in [-0.2, 0) is 11.0 Å². The molecule has 1 rings (SSSR count). The highest BCUT2D eigenvalue weighted by atomic mass is 16.2. The van der Waals surface area contributed by atoms with Crippen molar-refractivity contribution in [2.45, 2.75) is 59.4 Å². The Morgan fingerprint density at radius 1 is 1.29 bits per heavy atom. The molecule has 1 aromatic rings. The number of anilines is 2. The number of rotatable bonds is 2. The monoisotopic (exact) mass is 295 g/mol. The molecule has 0 saturated carbocycles. The molecule has 0 bridgehead atoms. The zero-order valence-corrected chi connectivity index (χ0v) is 14.5. The van der Waals surface area contributed by atoms with Gasteiger partial charge < -0.3 is 16.0 Å². The first kappa shape index (κ1) is 17.3. The molecule has 0 aliphatic carbocycles. The van der Waals surface area contributed by atoms with E-state index in [4.69, 9.17) is 5.73 Å². The fraction of sp³-hybridized carbons (Fsp3) is 0.733. The second-order valence-electron chi connectivity index (χ2n) is 7.39. The SMILES string of the molecule is CCN(C)C(=O)Nc1c(C(C)(C)C)nn(C(C)(C)C)c1N. The molecule has 21 heavy (non-hydrogen) atoms. The van der Waals surface area contributed by atoms with Gasteiger partial charge in [-0.15, -0.1) is 0 Å². The minimum absolute atomic E-state index is 0.178. The van der Waals surface area contributed by atoms with Crippen molar-refractivity contribution in [2.75, 3.05) is 24.6 Å². The van der Waals surface area contributed by atoms with Gasteiger partial charge in [0.25, 0.3) is 0 Å². The number of nitrogens with two attached hydrogens (primary N) is 1. The Kier molecular flexibility index (Phi) is 4.60. The maximum absolute atomic E-state index is 12.2. The zero-order chi connectivity index (χ0) is 16.6. The molecule has 0 aliphatic rings. The largest absolute Gasteiger partial charge is 0.382 e. The molecule has 120 valence electrons. The summed E-state index contributed by atoms with van der Waals surface area (Å²) in [4.78, 5) is 13.8. The van der Waals surface area contributed by atoms with Crippen molar-refractivity contribution in [3.05, 3.63) is 5.69 Å². The second-order valence-corrected chi connectivity index (χ2v) is 7.39. The van der Waals surface area contributed by atoms with E-state index in [9.17, 15) is 4.79 Å². The fourth-order valence-electron chi connectivity index (χ4n) is 1.94. The molecule has 1 heterocycles. The molecule has 2 amide bonds. The van der Waals surface area contributed by atoms with Crippen molar-refractivity contribution in [3.8, 4) is 0 Å². The Labute approximate surface area is 127 Å². The second kappa shape index (κ2) is 5.58. The van der Waals surface area contributed by atoms with Crippen molar-refractivity contribution in [1.29, 1.82) is 0 Å². The first-order chi connectivity index (χ1) is 9.39. The molecule has 0 spiro atoms. The molecule has 1 aromatic heterocycles. The minimum Gasteiger partial charge on any atom is -0.382 e. The topological polar surface area (TPSA) is 76.2 Å². The van der Waals surface area contributed by atoms with Gasteiger partial charge in [0.05, 0.1) is 11.2 Å². The van der Waals surface area contributed by atoms with E-state index in [2.05, 4.69) is 31.2 Å². The molecule has 0 atom stereocenters. The average Bonchev–Trinajstić information content (AvgIpc) is 2.65. The maximum Gasteiger partial charge on any atom is 0.321 e. The number of hydrogen-bond acceptors (Lipinski definition) is 3. The minimum atomic E-state index is -0.246. The third kappa shape index (κ3) is 3.68. The summed E-state index contributed by atoms with van der Waals surface area (Å²) in [5, 5.41) is 7.56. The number of nitrogens with one attached hydrogen (secondary N) is 1. The van der Waals surface area contributed by atoms with E-state index in [1.54, 1.807) is 16.6 Å². The van der Waals surface area contributed by atoms with Crippen molar-refractivity contribution >= 4 is 17.5 Å². The molecule has 3 N–H and O–H groups in total. The van der Waals surface area contributed by atoms with Crippen molar-refractivity contribution in [3.63, 3.8) is 0 Å². The van der Waals surface area contributed by atoms with Crippen LogP contribution < -0.4 is 11.1 Å². The number of hydrogen-bond donors (Lipinski definition) is 2. The molecular formula is C15H29N5O. The number of carbonyl (C=O) groups excluding carboxylic acids is 1. The fourth-order valence-corrected chi connectivity index (χ4v) is 1.94. The number of nitrogens with zero attached hydrogens (tertiary/aromatic N) is 3. The number of nitrogen functional groups attached to an aromatic ring is 1. The Bertz CT molecular complexity index is 519. The van der Waals surface area contributed by atoms with Gasteiger partial charge in [0.2, 0.25) is 0 Å². The normalized spacial score (nSPS) is 12.4. The van der Waals surface area contributed by atoms with E-state index >= 15 is 0 Å². The summed E-state index contributed by atoms with van der Waals surface area (Å²) in [6.07, 6.45) is 0. The van der Waals surface area contributed by atoms with Gasteiger partial charge >= 0.3 is 6.03 Å². The van der Waals surface area contributed by atoms with Gasteiger partial charge in [0.1, 0.15) is 11.5 Å². The molecule has 0 unspecified atom stereocenters. The van der Waals surface area contributed by atoms with Gasteiger partial charge in [0.15, 0.2) is 0 Å².